The minimum atomic E-state index is -0.432. The van der Waals surface area contributed by atoms with E-state index in [9.17, 15) is 14.9 Å². The van der Waals surface area contributed by atoms with E-state index >= 15 is 0 Å². The topological polar surface area (TPSA) is 72.7 Å². The Bertz CT molecular complexity index is 805. The maximum absolute atomic E-state index is 12.5. The summed E-state index contributed by atoms with van der Waals surface area (Å²) in [5, 5.41) is 10.8. The first-order valence-electron chi connectivity index (χ1n) is 7.12. The van der Waals surface area contributed by atoms with E-state index in [0.717, 1.165) is 14.5 Å². The Balaban J connectivity index is 1.73. The van der Waals surface area contributed by atoms with Crippen LogP contribution in [0.1, 0.15) is 5.56 Å². The van der Waals surface area contributed by atoms with Crippen LogP contribution in [0.2, 0.25) is 0 Å². The molecule has 0 spiro atoms. The minimum absolute atomic E-state index is 0.0384. The number of benzene rings is 2. The number of amides is 1. The number of nitro benzene ring substituents is 1. The number of non-ortho nitro benzene ring substituents is 1. The van der Waals surface area contributed by atoms with Crippen LogP contribution in [0.4, 0.5) is 11.4 Å². The molecule has 8 heteroatoms. The van der Waals surface area contributed by atoms with Gasteiger partial charge in [-0.2, -0.15) is 0 Å². The van der Waals surface area contributed by atoms with Crippen molar-refractivity contribution in [2.75, 3.05) is 18.1 Å². The van der Waals surface area contributed by atoms with Gasteiger partial charge in [0.15, 0.2) is 6.61 Å². The van der Waals surface area contributed by atoms with Crippen molar-refractivity contribution in [1.82, 2.24) is 0 Å². The van der Waals surface area contributed by atoms with Crippen LogP contribution in [0.3, 0.4) is 0 Å². The van der Waals surface area contributed by atoms with Crippen molar-refractivity contribution in [3.8, 4) is 5.75 Å². The number of carbonyl (C=O) groups excluding carboxylic acids is 1. The molecule has 0 saturated carbocycles. The summed E-state index contributed by atoms with van der Waals surface area (Å²) in [5.41, 5.74) is 1.55. The van der Waals surface area contributed by atoms with Gasteiger partial charge in [-0.25, -0.2) is 0 Å². The fraction of sp³-hybridized carbons (Fsp3) is 0.188. The predicted octanol–water partition coefficient (Wildman–Crippen LogP) is 4.09. The number of anilines is 1. The van der Waals surface area contributed by atoms with Gasteiger partial charge >= 0.3 is 0 Å². The molecular formula is C16H12Br2N2O4. The molecule has 0 N–H and O–H groups in total. The van der Waals surface area contributed by atoms with Crippen LogP contribution < -0.4 is 9.64 Å². The second kappa shape index (κ2) is 6.90. The number of ether oxygens (including phenoxy) is 1. The first kappa shape index (κ1) is 16.9. The first-order chi connectivity index (χ1) is 11.5. The van der Waals surface area contributed by atoms with Gasteiger partial charge < -0.3 is 9.64 Å². The first-order valence-corrected chi connectivity index (χ1v) is 8.70. The van der Waals surface area contributed by atoms with Crippen LogP contribution in [0.25, 0.3) is 0 Å². The van der Waals surface area contributed by atoms with E-state index in [0.29, 0.717) is 24.4 Å². The minimum Gasteiger partial charge on any atom is -0.481 e. The normalized spacial score (nSPS) is 12.8. The molecule has 0 aromatic heterocycles. The summed E-state index contributed by atoms with van der Waals surface area (Å²) in [6, 6.07) is 10.1. The second-order valence-electron chi connectivity index (χ2n) is 5.20. The summed E-state index contributed by atoms with van der Waals surface area (Å²) in [7, 11) is 0. The predicted molar refractivity (Wildman–Crippen MR) is 96.5 cm³/mol. The largest absolute Gasteiger partial charge is 0.481 e. The molecule has 1 aliphatic heterocycles. The molecule has 0 unspecified atom stereocenters. The Morgan fingerprint density at radius 1 is 1.25 bits per heavy atom. The molecule has 6 nitrogen and oxygen atoms in total. The molecule has 2 aromatic carbocycles. The number of fused-ring (bicyclic) bond motifs is 1. The standard InChI is InChI=1S/C16H12Br2N2O4/c17-12-2-1-3-13(18)16(12)24-9-15(21)19-7-6-10-8-11(20(22)23)4-5-14(10)19/h1-5,8H,6-7,9H2. The summed E-state index contributed by atoms with van der Waals surface area (Å²) in [4.78, 5) is 24.5. The van der Waals surface area contributed by atoms with Crippen molar-refractivity contribution in [1.29, 1.82) is 0 Å². The number of nitro groups is 1. The summed E-state index contributed by atoms with van der Waals surface area (Å²) in [5.74, 6) is 0.374. The van der Waals surface area contributed by atoms with Crippen molar-refractivity contribution >= 4 is 49.1 Å². The highest BCUT2D eigenvalue weighted by atomic mass is 79.9. The van der Waals surface area contributed by atoms with Gasteiger partial charge in [0.05, 0.1) is 13.9 Å². The second-order valence-corrected chi connectivity index (χ2v) is 6.91. The lowest BCUT2D eigenvalue weighted by molar-refractivity contribution is -0.384. The van der Waals surface area contributed by atoms with Gasteiger partial charge in [0, 0.05) is 24.4 Å². The molecule has 0 fully saturated rings. The Morgan fingerprint density at radius 3 is 2.62 bits per heavy atom. The summed E-state index contributed by atoms with van der Waals surface area (Å²) in [6.45, 7) is 0.382. The smallest absolute Gasteiger partial charge is 0.269 e. The summed E-state index contributed by atoms with van der Waals surface area (Å²) >= 11 is 6.77. The van der Waals surface area contributed by atoms with Gasteiger partial charge in [-0.3, -0.25) is 14.9 Å². The molecule has 24 heavy (non-hydrogen) atoms. The van der Waals surface area contributed by atoms with Crippen LogP contribution in [0.15, 0.2) is 45.3 Å². The lowest BCUT2D eigenvalue weighted by atomic mass is 10.1. The quantitative estimate of drug-likeness (QED) is 0.514. The number of hydrogen-bond donors (Lipinski definition) is 0. The van der Waals surface area contributed by atoms with Gasteiger partial charge in [0.2, 0.25) is 0 Å². The highest BCUT2D eigenvalue weighted by Crippen LogP contribution is 2.34. The maximum Gasteiger partial charge on any atom is 0.269 e. The number of nitrogens with zero attached hydrogens (tertiary/aromatic N) is 2. The maximum atomic E-state index is 12.5. The Labute approximate surface area is 154 Å². The molecule has 1 aliphatic rings. The molecule has 1 amide bonds. The highest BCUT2D eigenvalue weighted by Gasteiger charge is 2.26. The van der Waals surface area contributed by atoms with Crippen molar-refractivity contribution in [3.05, 3.63) is 61.0 Å². The fourth-order valence-electron chi connectivity index (χ4n) is 2.59. The third-order valence-corrected chi connectivity index (χ3v) is 4.98. The van der Waals surface area contributed by atoms with E-state index in [-0.39, 0.29) is 18.2 Å². The van der Waals surface area contributed by atoms with Gasteiger partial charge in [0.1, 0.15) is 5.75 Å². The van der Waals surface area contributed by atoms with E-state index in [2.05, 4.69) is 31.9 Å². The molecule has 0 atom stereocenters. The lowest BCUT2D eigenvalue weighted by Gasteiger charge is -2.18. The Kier molecular flexibility index (Phi) is 4.86. The van der Waals surface area contributed by atoms with Gasteiger partial charge in [0.25, 0.3) is 11.6 Å². The Morgan fingerprint density at radius 2 is 1.96 bits per heavy atom. The lowest BCUT2D eigenvalue weighted by Crippen LogP contribution is -2.33. The van der Waals surface area contributed by atoms with E-state index in [4.69, 9.17) is 4.74 Å². The van der Waals surface area contributed by atoms with Gasteiger partial charge in [-0.15, -0.1) is 0 Å². The Hall–Kier alpha value is -1.93. The molecular weight excluding hydrogens is 444 g/mol. The molecule has 0 radical (unpaired) electrons. The fourth-order valence-corrected chi connectivity index (χ4v) is 3.82. The van der Waals surface area contributed by atoms with Crippen molar-refractivity contribution < 1.29 is 14.5 Å². The zero-order valence-corrected chi connectivity index (χ0v) is 15.5. The van der Waals surface area contributed by atoms with Gasteiger partial charge in [-0.05, 0) is 62.0 Å². The number of halogens is 2. The molecule has 0 bridgehead atoms. The molecule has 3 rings (SSSR count). The molecule has 1 heterocycles. The van der Waals surface area contributed by atoms with Crippen molar-refractivity contribution in [2.24, 2.45) is 0 Å². The third-order valence-electron chi connectivity index (χ3n) is 3.73. The van der Waals surface area contributed by atoms with E-state index in [1.54, 1.807) is 11.0 Å². The number of rotatable bonds is 4. The zero-order chi connectivity index (χ0) is 17.3. The molecule has 2 aromatic rings. The van der Waals surface area contributed by atoms with Gasteiger partial charge in [-0.1, -0.05) is 6.07 Å². The monoisotopic (exact) mass is 454 g/mol. The molecule has 124 valence electrons. The third kappa shape index (κ3) is 3.29. The van der Waals surface area contributed by atoms with Crippen LogP contribution in [-0.4, -0.2) is 24.0 Å². The van der Waals surface area contributed by atoms with Crippen LogP contribution in [0.5, 0.6) is 5.75 Å². The zero-order valence-electron chi connectivity index (χ0n) is 12.4. The van der Waals surface area contributed by atoms with E-state index < -0.39 is 4.92 Å². The highest BCUT2D eigenvalue weighted by molar-refractivity contribution is 9.11. The van der Waals surface area contributed by atoms with E-state index in [1.165, 1.54) is 12.1 Å². The SMILES string of the molecule is O=C(COc1c(Br)cccc1Br)N1CCc2cc([N+](=O)[O-])ccc21. The van der Waals surface area contributed by atoms with Crippen LogP contribution >= 0.6 is 31.9 Å². The molecule has 0 saturated heterocycles. The summed E-state index contributed by atoms with van der Waals surface area (Å²) < 4.78 is 7.13. The van der Waals surface area contributed by atoms with E-state index in [1.807, 2.05) is 18.2 Å². The van der Waals surface area contributed by atoms with Crippen molar-refractivity contribution in [3.63, 3.8) is 0 Å². The number of para-hydroxylation sites is 1. The average molecular weight is 456 g/mol. The number of hydrogen-bond acceptors (Lipinski definition) is 4. The van der Waals surface area contributed by atoms with Crippen LogP contribution in [0, 0.1) is 10.1 Å². The van der Waals surface area contributed by atoms with Crippen LogP contribution in [-0.2, 0) is 11.2 Å². The molecule has 0 aliphatic carbocycles. The number of carbonyl (C=O) groups is 1. The van der Waals surface area contributed by atoms with Crippen molar-refractivity contribution in [2.45, 2.75) is 6.42 Å². The average Bonchev–Trinajstić information content (AvgIpc) is 2.97. The summed E-state index contributed by atoms with van der Waals surface area (Å²) in [6.07, 6.45) is 0.599.